The maximum absolute atomic E-state index is 13.2. The van der Waals surface area contributed by atoms with Crippen LogP contribution in [0.3, 0.4) is 0 Å². The Labute approximate surface area is 103 Å². The Balaban J connectivity index is 2.15. The Kier molecular flexibility index (Phi) is 2.94. The lowest BCUT2D eigenvalue weighted by Gasteiger charge is -2.12. The molecular formula is C12H13FN2O3. The molecule has 0 unspecified atom stereocenters. The van der Waals surface area contributed by atoms with E-state index in [0.717, 1.165) is 0 Å². The van der Waals surface area contributed by atoms with E-state index in [4.69, 9.17) is 10.5 Å². The first-order valence-corrected chi connectivity index (χ1v) is 5.44. The fourth-order valence-electron chi connectivity index (χ4n) is 1.70. The highest BCUT2D eigenvalue weighted by Gasteiger charge is 2.55. The summed E-state index contributed by atoms with van der Waals surface area (Å²) in [6, 6.07) is 3.93. The minimum Gasteiger partial charge on any atom is -0.494 e. The van der Waals surface area contributed by atoms with E-state index in [1.807, 2.05) is 0 Å². The van der Waals surface area contributed by atoms with E-state index in [-0.39, 0.29) is 5.75 Å². The second-order valence-corrected chi connectivity index (χ2v) is 4.25. The maximum atomic E-state index is 13.2. The van der Waals surface area contributed by atoms with Crippen LogP contribution in [0.2, 0.25) is 0 Å². The normalized spacial score (nSPS) is 15.9. The zero-order valence-corrected chi connectivity index (χ0v) is 9.83. The molecule has 2 amide bonds. The van der Waals surface area contributed by atoms with E-state index >= 15 is 0 Å². The van der Waals surface area contributed by atoms with Gasteiger partial charge in [-0.3, -0.25) is 9.59 Å². The van der Waals surface area contributed by atoms with Crippen molar-refractivity contribution < 1.29 is 18.7 Å². The number of nitrogens with two attached hydrogens (primary N) is 1. The van der Waals surface area contributed by atoms with Crippen molar-refractivity contribution in [3.63, 3.8) is 0 Å². The number of rotatable bonds is 4. The maximum Gasteiger partial charge on any atom is 0.240 e. The highest BCUT2D eigenvalue weighted by Crippen LogP contribution is 2.46. The fourth-order valence-corrected chi connectivity index (χ4v) is 1.70. The van der Waals surface area contributed by atoms with Gasteiger partial charge in [0.1, 0.15) is 5.41 Å². The number of hydrogen-bond acceptors (Lipinski definition) is 3. The van der Waals surface area contributed by atoms with Gasteiger partial charge in [-0.1, -0.05) is 0 Å². The van der Waals surface area contributed by atoms with E-state index < -0.39 is 23.0 Å². The Bertz CT molecular complexity index is 512. The molecule has 1 aliphatic carbocycles. The highest BCUT2D eigenvalue weighted by molar-refractivity contribution is 6.12. The number of halogens is 1. The smallest absolute Gasteiger partial charge is 0.240 e. The summed E-state index contributed by atoms with van der Waals surface area (Å²) in [4.78, 5) is 23.0. The molecule has 0 heterocycles. The molecule has 3 N–H and O–H groups in total. The number of benzene rings is 1. The lowest BCUT2D eigenvalue weighted by atomic mass is 10.1. The average Bonchev–Trinajstić information content (AvgIpc) is 3.12. The number of anilines is 1. The third kappa shape index (κ3) is 2.01. The third-order valence-corrected chi connectivity index (χ3v) is 3.07. The number of carbonyl (C=O) groups is 2. The first kappa shape index (κ1) is 12.3. The summed E-state index contributed by atoms with van der Waals surface area (Å²) in [6.07, 6.45) is 0.902. The van der Waals surface area contributed by atoms with Crippen LogP contribution in [-0.4, -0.2) is 18.9 Å². The van der Waals surface area contributed by atoms with Crippen molar-refractivity contribution in [1.29, 1.82) is 0 Å². The molecule has 1 fully saturated rings. The molecule has 0 aromatic heterocycles. The van der Waals surface area contributed by atoms with Crippen LogP contribution in [0.5, 0.6) is 5.75 Å². The number of methoxy groups -OCH3 is 1. The minimum absolute atomic E-state index is 0.0247. The molecule has 0 saturated heterocycles. The van der Waals surface area contributed by atoms with Gasteiger partial charge in [0, 0.05) is 11.8 Å². The molecule has 1 saturated carbocycles. The molecule has 0 aliphatic heterocycles. The topological polar surface area (TPSA) is 81.4 Å². The molecule has 6 heteroatoms. The van der Waals surface area contributed by atoms with Crippen molar-refractivity contribution in [2.75, 3.05) is 12.4 Å². The van der Waals surface area contributed by atoms with E-state index in [9.17, 15) is 14.0 Å². The Morgan fingerprint density at radius 3 is 2.61 bits per heavy atom. The molecule has 1 aliphatic rings. The van der Waals surface area contributed by atoms with Crippen molar-refractivity contribution >= 4 is 17.5 Å². The molecule has 0 spiro atoms. The van der Waals surface area contributed by atoms with Crippen molar-refractivity contribution in [2.24, 2.45) is 11.1 Å². The van der Waals surface area contributed by atoms with Crippen LogP contribution in [0.15, 0.2) is 18.2 Å². The number of primary amides is 1. The average molecular weight is 252 g/mol. The summed E-state index contributed by atoms with van der Waals surface area (Å²) >= 11 is 0. The summed E-state index contributed by atoms with van der Waals surface area (Å²) in [6.45, 7) is 0. The van der Waals surface area contributed by atoms with Gasteiger partial charge in [-0.25, -0.2) is 4.39 Å². The Morgan fingerprint density at radius 2 is 2.11 bits per heavy atom. The summed E-state index contributed by atoms with van der Waals surface area (Å²) in [7, 11) is 1.33. The van der Waals surface area contributed by atoms with Crippen LogP contribution in [0.25, 0.3) is 0 Å². The summed E-state index contributed by atoms with van der Waals surface area (Å²) in [5, 5.41) is 2.54. The quantitative estimate of drug-likeness (QED) is 0.785. The molecule has 18 heavy (non-hydrogen) atoms. The van der Waals surface area contributed by atoms with Crippen LogP contribution in [0.4, 0.5) is 10.1 Å². The minimum atomic E-state index is -1.10. The summed E-state index contributed by atoms with van der Waals surface area (Å²) in [5.41, 5.74) is 4.45. The zero-order chi connectivity index (χ0) is 13.3. The second-order valence-electron chi connectivity index (χ2n) is 4.25. The van der Waals surface area contributed by atoms with Gasteiger partial charge in [0.25, 0.3) is 0 Å². The largest absolute Gasteiger partial charge is 0.494 e. The second kappa shape index (κ2) is 4.29. The van der Waals surface area contributed by atoms with E-state index in [1.165, 1.54) is 25.3 Å². The Morgan fingerprint density at radius 1 is 1.44 bits per heavy atom. The number of hydrogen-bond donors (Lipinski definition) is 2. The molecule has 5 nitrogen and oxygen atoms in total. The van der Waals surface area contributed by atoms with Crippen molar-refractivity contribution in [2.45, 2.75) is 12.8 Å². The van der Waals surface area contributed by atoms with Gasteiger partial charge >= 0.3 is 0 Å². The molecule has 0 bridgehead atoms. The first-order chi connectivity index (χ1) is 8.49. The predicted octanol–water partition coefficient (Wildman–Crippen LogP) is 1.04. The third-order valence-electron chi connectivity index (χ3n) is 3.07. The van der Waals surface area contributed by atoms with Gasteiger partial charge in [0.15, 0.2) is 11.6 Å². The number of amides is 2. The molecule has 1 aromatic carbocycles. The number of carbonyl (C=O) groups excluding carboxylic acids is 2. The van der Waals surface area contributed by atoms with Gasteiger partial charge in [-0.05, 0) is 25.0 Å². The molecular weight excluding hydrogens is 239 g/mol. The van der Waals surface area contributed by atoms with Crippen molar-refractivity contribution in [1.82, 2.24) is 0 Å². The highest BCUT2D eigenvalue weighted by atomic mass is 19.1. The lowest BCUT2D eigenvalue weighted by Crippen LogP contribution is -2.36. The molecule has 0 radical (unpaired) electrons. The van der Waals surface area contributed by atoms with Gasteiger partial charge in [0.2, 0.25) is 11.8 Å². The summed E-state index contributed by atoms with van der Waals surface area (Å²) in [5.74, 6) is -1.58. The monoisotopic (exact) mass is 252 g/mol. The Hall–Kier alpha value is -2.11. The van der Waals surface area contributed by atoms with Crippen LogP contribution in [0.1, 0.15) is 12.8 Å². The van der Waals surface area contributed by atoms with Crippen molar-refractivity contribution in [3.8, 4) is 5.75 Å². The lowest BCUT2D eigenvalue weighted by molar-refractivity contribution is -0.132. The van der Waals surface area contributed by atoms with E-state index in [0.29, 0.717) is 18.5 Å². The van der Waals surface area contributed by atoms with Gasteiger partial charge < -0.3 is 15.8 Å². The molecule has 2 rings (SSSR count). The van der Waals surface area contributed by atoms with Crippen LogP contribution in [-0.2, 0) is 9.59 Å². The molecule has 0 atom stereocenters. The molecule has 96 valence electrons. The van der Waals surface area contributed by atoms with Crippen molar-refractivity contribution in [3.05, 3.63) is 24.0 Å². The van der Waals surface area contributed by atoms with Crippen LogP contribution < -0.4 is 15.8 Å². The van der Waals surface area contributed by atoms with Gasteiger partial charge in [-0.2, -0.15) is 0 Å². The summed E-state index contributed by atoms with van der Waals surface area (Å²) < 4.78 is 18.0. The van der Waals surface area contributed by atoms with Gasteiger partial charge in [-0.15, -0.1) is 0 Å². The van der Waals surface area contributed by atoms with Gasteiger partial charge in [0.05, 0.1) is 7.11 Å². The van der Waals surface area contributed by atoms with Crippen LogP contribution >= 0.6 is 0 Å². The van der Waals surface area contributed by atoms with E-state index in [2.05, 4.69) is 5.32 Å². The fraction of sp³-hybridized carbons (Fsp3) is 0.333. The zero-order valence-electron chi connectivity index (χ0n) is 9.83. The van der Waals surface area contributed by atoms with Crippen LogP contribution in [0, 0.1) is 11.2 Å². The SMILES string of the molecule is COc1cc(NC(=O)C2(C(N)=O)CC2)ccc1F. The van der Waals surface area contributed by atoms with E-state index in [1.54, 1.807) is 0 Å². The first-order valence-electron chi connectivity index (χ1n) is 5.44. The molecule has 1 aromatic rings. The predicted molar refractivity (Wildman–Crippen MR) is 62.4 cm³/mol. The number of nitrogens with one attached hydrogen (secondary N) is 1. The standard InChI is InChI=1S/C12H13FN2O3/c1-18-9-6-7(2-3-8(9)13)15-11(17)12(4-5-12)10(14)16/h2-3,6H,4-5H2,1H3,(H2,14,16)(H,15,17). The number of ether oxygens (including phenoxy) is 1.